The topological polar surface area (TPSA) is 57.5 Å². The first-order chi connectivity index (χ1) is 12.5. The molecule has 0 aromatic carbocycles. The lowest BCUT2D eigenvalue weighted by atomic mass is 9.53. The Kier molecular flexibility index (Phi) is 7.13. The summed E-state index contributed by atoms with van der Waals surface area (Å²) in [5.74, 6) is 1.73. The number of aliphatic hydroxyl groups is 1. The summed E-state index contributed by atoms with van der Waals surface area (Å²) in [7, 11) is 0. The zero-order chi connectivity index (χ0) is 20.4. The molecule has 3 heteroatoms. The van der Waals surface area contributed by atoms with Gasteiger partial charge in [0.15, 0.2) is 0 Å². The van der Waals surface area contributed by atoms with E-state index in [-0.39, 0.29) is 11.5 Å². The molecule has 2 N–H and O–H groups in total. The number of allylic oxidation sites excluding steroid dienone is 5. The van der Waals surface area contributed by atoms with Crippen LogP contribution in [-0.4, -0.2) is 22.3 Å². The Morgan fingerprint density at radius 2 is 1.74 bits per heavy atom. The van der Waals surface area contributed by atoms with Crippen LogP contribution < -0.4 is 0 Å². The molecule has 152 valence electrons. The highest BCUT2D eigenvalue weighted by Gasteiger charge is 2.48. The zero-order valence-electron chi connectivity index (χ0n) is 17.9. The average molecular weight is 375 g/mol. The van der Waals surface area contributed by atoms with Gasteiger partial charge in [0.25, 0.3) is 0 Å². The lowest BCUT2D eigenvalue weighted by Gasteiger charge is -2.52. The van der Waals surface area contributed by atoms with Gasteiger partial charge in [-0.3, -0.25) is 0 Å². The number of hydrogen-bond acceptors (Lipinski definition) is 2. The Bertz CT molecular complexity index is 608. The van der Waals surface area contributed by atoms with Gasteiger partial charge in [-0.2, -0.15) is 0 Å². The minimum atomic E-state index is -0.920. The lowest BCUT2D eigenvalue weighted by molar-refractivity contribution is -0.131. The molecule has 7 atom stereocenters. The van der Waals surface area contributed by atoms with E-state index < -0.39 is 5.97 Å². The normalized spacial score (nSPS) is 38.3. The fraction of sp³-hybridized carbons (Fsp3) is 0.708. The van der Waals surface area contributed by atoms with Gasteiger partial charge in [-0.05, 0) is 67.1 Å². The predicted octanol–water partition coefficient (Wildman–Crippen LogP) is 5.47. The quantitative estimate of drug-likeness (QED) is 0.390. The molecule has 2 rings (SSSR count). The molecule has 0 heterocycles. The first-order valence-corrected chi connectivity index (χ1v) is 10.5. The van der Waals surface area contributed by atoms with Gasteiger partial charge in [0.1, 0.15) is 0 Å². The summed E-state index contributed by atoms with van der Waals surface area (Å²) in [6, 6.07) is 0. The fourth-order valence-corrected chi connectivity index (χ4v) is 5.80. The van der Waals surface area contributed by atoms with Crippen molar-refractivity contribution in [3.05, 3.63) is 36.0 Å². The summed E-state index contributed by atoms with van der Waals surface area (Å²) in [4.78, 5) is 10.8. The molecule has 2 aliphatic rings. The van der Waals surface area contributed by atoms with Gasteiger partial charge >= 0.3 is 5.97 Å². The SMILES string of the molecule is C/C(=C\C(C)(C)C)[C@H]1[C@@H](/C=C/C=C/C(=O)O)[C@H]2[C@@H](C[C@H]1C)[C@@H](O)CC[C@@H]2C. The monoisotopic (exact) mass is 374 g/mol. The van der Waals surface area contributed by atoms with E-state index in [1.54, 1.807) is 6.08 Å². The van der Waals surface area contributed by atoms with E-state index in [9.17, 15) is 9.90 Å². The van der Waals surface area contributed by atoms with E-state index >= 15 is 0 Å². The summed E-state index contributed by atoms with van der Waals surface area (Å²) < 4.78 is 0. The zero-order valence-corrected chi connectivity index (χ0v) is 17.9. The van der Waals surface area contributed by atoms with E-state index in [0.29, 0.717) is 35.5 Å². The van der Waals surface area contributed by atoms with Crippen LogP contribution in [0.15, 0.2) is 36.0 Å². The van der Waals surface area contributed by atoms with Gasteiger partial charge in [-0.25, -0.2) is 4.79 Å². The van der Waals surface area contributed by atoms with Crippen molar-refractivity contribution in [3.63, 3.8) is 0 Å². The van der Waals surface area contributed by atoms with Crippen molar-refractivity contribution in [3.8, 4) is 0 Å². The second-order valence-corrected chi connectivity index (χ2v) is 10.0. The lowest BCUT2D eigenvalue weighted by Crippen LogP contribution is -2.49. The number of hydrogen-bond donors (Lipinski definition) is 2. The molecule has 3 nitrogen and oxygen atoms in total. The van der Waals surface area contributed by atoms with Crippen molar-refractivity contribution >= 4 is 5.97 Å². The van der Waals surface area contributed by atoms with Crippen LogP contribution in [0.25, 0.3) is 0 Å². The van der Waals surface area contributed by atoms with E-state index in [0.717, 1.165) is 19.3 Å². The van der Waals surface area contributed by atoms with Crippen molar-refractivity contribution in [2.24, 2.45) is 40.9 Å². The Morgan fingerprint density at radius 1 is 1.07 bits per heavy atom. The van der Waals surface area contributed by atoms with E-state index in [1.165, 1.54) is 11.6 Å². The maximum Gasteiger partial charge on any atom is 0.328 e. The second kappa shape index (κ2) is 8.77. The van der Waals surface area contributed by atoms with Gasteiger partial charge in [-0.15, -0.1) is 0 Å². The Morgan fingerprint density at radius 3 is 2.33 bits per heavy atom. The van der Waals surface area contributed by atoms with Crippen molar-refractivity contribution < 1.29 is 15.0 Å². The summed E-state index contributed by atoms with van der Waals surface area (Å²) in [5, 5.41) is 19.5. The third-order valence-electron chi connectivity index (χ3n) is 6.55. The molecule has 0 unspecified atom stereocenters. The average Bonchev–Trinajstić information content (AvgIpc) is 2.52. The molecule has 0 aromatic heterocycles. The number of rotatable bonds is 4. The van der Waals surface area contributed by atoms with Crippen LogP contribution in [0.2, 0.25) is 0 Å². The number of carboxylic acids is 1. The van der Waals surface area contributed by atoms with Crippen LogP contribution >= 0.6 is 0 Å². The highest BCUT2D eigenvalue weighted by atomic mass is 16.4. The number of aliphatic hydroxyl groups excluding tert-OH is 1. The summed E-state index contributed by atoms with van der Waals surface area (Å²) in [5.41, 5.74) is 1.56. The Hall–Kier alpha value is -1.35. The first kappa shape index (κ1) is 21.9. The highest BCUT2D eigenvalue weighted by Crippen LogP contribution is 2.53. The van der Waals surface area contributed by atoms with Crippen molar-refractivity contribution in [2.75, 3.05) is 0 Å². The van der Waals surface area contributed by atoms with E-state index in [2.05, 4.69) is 53.7 Å². The minimum absolute atomic E-state index is 0.135. The van der Waals surface area contributed by atoms with Crippen LogP contribution in [-0.2, 0) is 4.79 Å². The van der Waals surface area contributed by atoms with Crippen molar-refractivity contribution in [2.45, 2.75) is 66.9 Å². The molecule has 2 aliphatic carbocycles. The number of fused-ring (bicyclic) bond motifs is 1. The molecular formula is C24H38O3. The van der Waals surface area contributed by atoms with Crippen LogP contribution in [0.1, 0.15) is 60.8 Å². The molecule has 0 amide bonds. The van der Waals surface area contributed by atoms with Gasteiger partial charge in [0.2, 0.25) is 0 Å². The minimum Gasteiger partial charge on any atom is -0.478 e. The van der Waals surface area contributed by atoms with Gasteiger partial charge in [0.05, 0.1) is 6.10 Å². The van der Waals surface area contributed by atoms with Crippen molar-refractivity contribution in [1.82, 2.24) is 0 Å². The summed E-state index contributed by atoms with van der Waals surface area (Å²) >= 11 is 0. The standard InChI is InChI=1S/C24H38O3/c1-15-11-12-20(25)19-13-16(2)22(17(3)14-24(4,5)6)18(23(15)19)9-7-8-10-21(26)27/h7-10,14-16,18-20,22-23,25H,11-13H2,1-6H3,(H,26,27)/b9-7+,10-8+,17-14+/t15-,16+,18+,19-,20-,22-,23-/m0/s1. The smallest absolute Gasteiger partial charge is 0.328 e. The molecule has 0 aromatic rings. The van der Waals surface area contributed by atoms with Crippen LogP contribution in [0, 0.1) is 40.9 Å². The predicted molar refractivity (Wildman–Crippen MR) is 111 cm³/mol. The van der Waals surface area contributed by atoms with Gasteiger partial charge in [0, 0.05) is 6.08 Å². The Labute approximate surface area is 165 Å². The Balaban J connectivity index is 2.42. The molecular weight excluding hydrogens is 336 g/mol. The van der Waals surface area contributed by atoms with Gasteiger partial charge in [-0.1, -0.05) is 64.5 Å². The molecule has 2 saturated carbocycles. The molecule has 0 saturated heterocycles. The number of carboxylic acid groups (broad SMARTS) is 1. The number of aliphatic carboxylic acids is 1. The van der Waals surface area contributed by atoms with Gasteiger partial charge < -0.3 is 10.2 Å². The maximum atomic E-state index is 10.8. The maximum absolute atomic E-state index is 10.8. The highest BCUT2D eigenvalue weighted by molar-refractivity contribution is 5.80. The van der Waals surface area contributed by atoms with E-state index in [4.69, 9.17) is 5.11 Å². The largest absolute Gasteiger partial charge is 0.478 e. The molecule has 0 aliphatic heterocycles. The summed E-state index contributed by atoms with van der Waals surface area (Å²) in [6.45, 7) is 13.6. The molecule has 0 spiro atoms. The molecule has 2 fully saturated rings. The first-order valence-electron chi connectivity index (χ1n) is 10.5. The number of carbonyl (C=O) groups is 1. The third-order valence-corrected chi connectivity index (χ3v) is 6.55. The van der Waals surface area contributed by atoms with Crippen LogP contribution in [0.5, 0.6) is 0 Å². The molecule has 0 radical (unpaired) electrons. The van der Waals surface area contributed by atoms with Crippen LogP contribution in [0.3, 0.4) is 0 Å². The van der Waals surface area contributed by atoms with E-state index in [1.807, 2.05) is 6.08 Å². The molecule has 27 heavy (non-hydrogen) atoms. The molecule has 0 bridgehead atoms. The second-order valence-electron chi connectivity index (χ2n) is 10.0. The summed E-state index contributed by atoms with van der Waals surface area (Å²) in [6.07, 6.45) is 12.2. The van der Waals surface area contributed by atoms with Crippen LogP contribution in [0.4, 0.5) is 0 Å². The fourth-order valence-electron chi connectivity index (χ4n) is 5.80. The van der Waals surface area contributed by atoms with Crippen molar-refractivity contribution in [1.29, 1.82) is 0 Å². The third kappa shape index (κ3) is 5.57.